The van der Waals surface area contributed by atoms with Crippen LogP contribution in [0.4, 0.5) is 0 Å². The van der Waals surface area contributed by atoms with Crippen LogP contribution in [0.25, 0.3) is 0 Å². The zero-order valence-corrected chi connectivity index (χ0v) is 8.34. The van der Waals surface area contributed by atoms with Gasteiger partial charge in [0.25, 0.3) is 0 Å². The van der Waals surface area contributed by atoms with Crippen LogP contribution in [0.5, 0.6) is 0 Å². The van der Waals surface area contributed by atoms with Crippen LogP contribution in [0.1, 0.15) is 15.9 Å². The fraction of sp³-hybridized carbons (Fsp3) is 0.667. The largest absolute Gasteiger partial charge is 0.327 e. The van der Waals surface area contributed by atoms with E-state index >= 15 is 0 Å². The summed E-state index contributed by atoms with van der Waals surface area (Å²) < 4.78 is 0. The number of aryl methyl sites for hydroxylation is 1. The highest BCUT2D eigenvalue weighted by Gasteiger charge is 2.56. The number of hydrogen-bond donors (Lipinski definition) is 2. The summed E-state index contributed by atoms with van der Waals surface area (Å²) in [5.74, 6) is 1.41. The molecular weight excluding hydrogens is 182 g/mol. The second kappa shape index (κ2) is 2.53. The maximum atomic E-state index is 5.95. The van der Waals surface area contributed by atoms with Crippen molar-refractivity contribution < 1.29 is 0 Å². The third-order valence-electron chi connectivity index (χ3n) is 3.20. The van der Waals surface area contributed by atoms with Crippen LogP contribution in [0.2, 0.25) is 0 Å². The van der Waals surface area contributed by atoms with Gasteiger partial charge in [-0.15, -0.1) is 11.3 Å². The van der Waals surface area contributed by atoms with Crippen molar-refractivity contribution in [2.24, 2.45) is 17.6 Å². The number of fused-ring (bicyclic) bond motifs is 1. The van der Waals surface area contributed by atoms with Gasteiger partial charge in [0.15, 0.2) is 0 Å². The number of hydrogen-bond acceptors (Lipinski definition) is 4. The lowest BCUT2D eigenvalue weighted by Crippen LogP contribution is -2.25. The highest BCUT2D eigenvalue weighted by Crippen LogP contribution is 2.51. The van der Waals surface area contributed by atoms with Gasteiger partial charge in [-0.05, 0) is 12.8 Å². The fourth-order valence-electron chi connectivity index (χ4n) is 2.38. The molecule has 1 saturated heterocycles. The predicted molar refractivity (Wildman–Crippen MR) is 52.6 cm³/mol. The van der Waals surface area contributed by atoms with E-state index in [1.54, 1.807) is 11.3 Å². The van der Waals surface area contributed by atoms with E-state index in [0.29, 0.717) is 18.0 Å². The van der Waals surface area contributed by atoms with Crippen LogP contribution in [-0.4, -0.2) is 17.6 Å². The number of nitrogens with two attached hydrogens (primary N) is 1. The summed E-state index contributed by atoms with van der Waals surface area (Å²) in [6.07, 6.45) is 1.99. The number of piperidine rings is 1. The lowest BCUT2D eigenvalue weighted by Gasteiger charge is -2.11. The second-order valence-corrected chi connectivity index (χ2v) is 5.25. The minimum absolute atomic E-state index is 0.439. The summed E-state index contributed by atoms with van der Waals surface area (Å²) in [6.45, 7) is 3.14. The van der Waals surface area contributed by atoms with E-state index in [-0.39, 0.29) is 0 Å². The molecule has 4 heteroatoms. The fourth-order valence-corrected chi connectivity index (χ4v) is 3.30. The highest BCUT2D eigenvalue weighted by molar-refractivity contribution is 7.11. The Balaban J connectivity index is 1.86. The third-order valence-corrected chi connectivity index (χ3v) is 4.19. The molecule has 4 atom stereocenters. The lowest BCUT2D eigenvalue weighted by molar-refractivity contribution is 0.544. The van der Waals surface area contributed by atoms with Crippen molar-refractivity contribution in [3.8, 4) is 0 Å². The first-order valence-electron chi connectivity index (χ1n) is 4.68. The first kappa shape index (κ1) is 7.91. The van der Waals surface area contributed by atoms with Crippen molar-refractivity contribution >= 4 is 11.3 Å². The molecule has 0 bridgehead atoms. The summed E-state index contributed by atoms with van der Waals surface area (Å²) in [6, 6.07) is 0.930. The zero-order chi connectivity index (χ0) is 9.00. The van der Waals surface area contributed by atoms with Crippen LogP contribution in [0.3, 0.4) is 0 Å². The van der Waals surface area contributed by atoms with E-state index < -0.39 is 0 Å². The Morgan fingerprint density at radius 3 is 3.08 bits per heavy atom. The molecule has 3 rings (SSSR count). The monoisotopic (exact) mass is 195 g/mol. The molecule has 0 radical (unpaired) electrons. The number of aromatic nitrogens is 1. The Kier molecular flexibility index (Phi) is 1.54. The molecule has 13 heavy (non-hydrogen) atoms. The van der Waals surface area contributed by atoms with Crippen molar-refractivity contribution in [2.75, 3.05) is 6.54 Å². The van der Waals surface area contributed by atoms with Crippen LogP contribution >= 0.6 is 11.3 Å². The van der Waals surface area contributed by atoms with Crippen molar-refractivity contribution in [1.29, 1.82) is 0 Å². The van der Waals surface area contributed by atoms with Gasteiger partial charge in [0.1, 0.15) is 0 Å². The molecule has 1 aromatic rings. The molecule has 2 heterocycles. The maximum Gasteiger partial charge on any atom is 0.0897 e. The first-order valence-corrected chi connectivity index (χ1v) is 5.50. The molecule has 3 N–H and O–H groups in total. The first-order chi connectivity index (χ1) is 6.27. The molecule has 4 unspecified atom stereocenters. The van der Waals surface area contributed by atoms with E-state index in [9.17, 15) is 0 Å². The summed E-state index contributed by atoms with van der Waals surface area (Å²) in [5.41, 5.74) is 5.95. The van der Waals surface area contributed by atoms with E-state index in [0.717, 1.165) is 17.5 Å². The molecule has 0 aromatic carbocycles. The molecule has 1 saturated carbocycles. The minimum atomic E-state index is 0.439. The zero-order valence-electron chi connectivity index (χ0n) is 7.53. The molecule has 1 aliphatic heterocycles. The molecule has 1 aliphatic carbocycles. The Morgan fingerprint density at radius 1 is 1.69 bits per heavy atom. The molecular formula is C9H13N3S. The predicted octanol–water partition coefficient (Wildman–Crippen LogP) is 0.669. The van der Waals surface area contributed by atoms with Gasteiger partial charge in [-0.2, -0.15) is 0 Å². The van der Waals surface area contributed by atoms with Crippen molar-refractivity contribution in [3.63, 3.8) is 0 Å². The Bertz CT molecular complexity index is 335. The Labute approximate surface area is 81.4 Å². The molecule has 2 aliphatic rings. The average Bonchev–Trinajstić information content (AvgIpc) is 2.58. The number of nitrogens with zero attached hydrogens (tertiary/aromatic N) is 1. The number of rotatable bonds is 1. The smallest absolute Gasteiger partial charge is 0.0897 e. The van der Waals surface area contributed by atoms with Crippen LogP contribution in [0.15, 0.2) is 6.20 Å². The van der Waals surface area contributed by atoms with Gasteiger partial charge in [-0.3, -0.25) is 0 Å². The van der Waals surface area contributed by atoms with Gasteiger partial charge in [0.05, 0.1) is 5.01 Å². The van der Waals surface area contributed by atoms with E-state index in [1.165, 1.54) is 4.88 Å². The van der Waals surface area contributed by atoms with E-state index in [1.807, 2.05) is 13.1 Å². The van der Waals surface area contributed by atoms with Crippen LogP contribution in [-0.2, 0) is 0 Å². The van der Waals surface area contributed by atoms with Crippen molar-refractivity contribution in [3.05, 3.63) is 16.1 Å². The van der Waals surface area contributed by atoms with E-state index in [2.05, 4.69) is 10.3 Å². The number of thiazole rings is 1. The summed E-state index contributed by atoms with van der Waals surface area (Å²) in [5, 5.41) is 4.65. The SMILES string of the molecule is Cc1ncc(C2NCC3C(N)C23)s1. The van der Waals surface area contributed by atoms with Gasteiger partial charge in [-0.1, -0.05) is 0 Å². The lowest BCUT2D eigenvalue weighted by atomic mass is 10.2. The van der Waals surface area contributed by atoms with Crippen molar-refractivity contribution in [1.82, 2.24) is 10.3 Å². The van der Waals surface area contributed by atoms with Gasteiger partial charge < -0.3 is 11.1 Å². The summed E-state index contributed by atoms with van der Waals surface area (Å²) in [4.78, 5) is 5.64. The molecule has 2 fully saturated rings. The van der Waals surface area contributed by atoms with Gasteiger partial charge in [0, 0.05) is 35.6 Å². The molecule has 0 spiro atoms. The molecule has 0 amide bonds. The molecule has 1 aromatic heterocycles. The standard InChI is InChI=1S/C9H13N3S/c1-4-11-3-6(13-4)9-7-5(2-12-9)8(7)10/h3,5,7-9,12H,2,10H2,1H3. The van der Waals surface area contributed by atoms with Gasteiger partial charge in [-0.25, -0.2) is 4.98 Å². The highest BCUT2D eigenvalue weighted by atomic mass is 32.1. The molecule has 3 nitrogen and oxygen atoms in total. The van der Waals surface area contributed by atoms with Gasteiger partial charge >= 0.3 is 0 Å². The van der Waals surface area contributed by atoms with Gasteiger partial charge in [0.2, 0.25) is 0 Å². The minimum Gasteiger partial charge on any atom is -0.327 e. The Morgan fingerprint density at radius 2 is 2.54 bits per heavy atom. The summed E-state index contributed by atoms with van der Waals surface area (Å²) >= 11 is 1.79. The van der Waals surface area contributed by atoms with Crippen LogP contribution < -0.4 is 11.1 Å². The van der Waals surface area contributed by atoms with Crippen LogP contribution in [0, 0.1) is 18.8 Å². The van der Waals surface area contributed by atoms with Crippen molar-refractivity contribution in [2.45, 2.75) is 19.0 Å². The maximum absolute atomic E-state index is 5.95. The normalized spacial score (nSPS) is 42.0. The van der Waals surface area contributed by atoms with E-state index in [4.69, 9.17) is 5.73 Å². The Hall–Kier alpha value is -0.450. The summed E-state index contributed by atoms with van der Waals surface area (Å²) in [7, 11) is 0. The third kappa shape index (κ3) is 1.06. The topological polar surface area (TPSA) is 50.9 Å². The second-order valence-electron chi connectivity index (χ2n) is 3.99. The number of nitrogens with one attached hydrogen (secondary N) is 1. The quantitative estimate of drug-likeness (QED) is 0.692. The molecule has 70 valence electrons. The average molecular weight is 195 g/mol.